The monoisotopic (exact) mass is 387 g/mol. The van der Waals surface area contributed by atoms with E-state index in [-0.39, 0.29) is 10.3 Å². The zero-order valence-corrected chi connectivity index (χ0v) is 14.6. The van der Waals surface area contributed by atoms with Gasteiger partial charge in [0.25, 0.3) is 10.0 Å². The van der Waals surface area contributed by atoms with Crippen molar-refractivity contribution in [3.8, 4) is 0 Å². The Morgan fingerprint density at radius 2 is 2.26 bits per heavy atom. The molecule has 1 aliphatic heterocycles. The fourth-order valence-corrected chi connectivity index (χ4v) is 5.66. The second-order valence-corrected chi connectivity index (χ2v) is 9.54. The minimum Gasteiger partial charge on any atom is -0.369 e. The molecule has 0 spiro atoms. The number of thiophene rings is 1. The highest BCUT2D eigenvalue weighted by Crippen LogP contribution is 2.31. The minimum atomic E-state index is -3.49. The Labute approximate surface area is 130 Å². The van der Waals surface area contributed by atoms with E-state index in [2.05, 4.69) is 15.9 Å². The van der Waals surface area contributed by atoms with Crippen molar-refractivity contribution in [2.24, 2.45) is 0 Å². The highest BCUT2D eigenvalue weighted by molar-refractivity contribution is 9.09. The molecule has 0 N–H and O–H groups in total. The minimum absolute atomic E-state index is 0.144. The van der Waals surface area contributed by atoms with Crippen LogP contribution in [0.3, 0.4) is 0 Å². The summed E-state index contributed by atoms with van der Waals surface area (Å²) in [7, 11) is -3.49. The molecule has 2 heterocycles. The third-order valence-corrected chi connectivity index (χ3v) is 7.00. The zero-order valence-electron chi connectivity index (χ0n) is 10.6. The normalized spacial score (nSPS) is 24.5. The number of sulfonamides is 1. The van der Waals surface area contributed by atoms with Gasteiger partial charge in [-0.1, -0.05) is 27.5 Å². The lowest BCUT2D eigenvalue weighted by Gasteiger charge is -2.41. The number of rotatable bonds is 3. The molecule has 1 aliphatic rings. The van der Waals surface area contributed by atoms with Gasteiger partial charge < -0.3 is 4.74 Å². The number of hydrogen-bond acceptors (Lipinski definition) is 4. The first kappa shape index (κ1) is 15.7. The average molecular weight is 389 g/mol. The third kappa shape index (κ3) is 3.51. The van der Waals surface area contributed by atoms with Crippen LogP contribution in [0.4, 0.5) is 0 Å². The predicted molar refractivity (Wildman–Crippen MR) is 80.8 cm³/mol. The second-order valence-electron chi connectivity index (χ2n) is 5.01. The first-order valence-corrected chi connectivity index (χ1v) is 9.49. The molecular weight excluding hydrogens is 374 g/mol. The summed E-state index contributed by atoms with van der Waals surface area (Å²) in [6.45, 7) is 4.48. The maximum Gasteiger partial charge on any atom is 0.252 e. The molecule has 1 aromatic rings. The topological polar surface area (TPSA) is 46.6 Å². The van der Waals surface area contributed by atoms with Gasteiger partial charge >= 0.3 is 0 Å². The van der Waals surface area contributed by atoms with Crippen LogP contribution in [-0.2, 0) is 14.8 Å². The maximum absolute atomic E-state index is 12.6. The fourth-order valence-electron chi connectivity index (χ4n) is 2.07. The van der Waals surface area contributed by atoms with Crippen molar-refractivity contribution >= 4 is 48.9 Å². The van der Waals surface area contributed by atoms with Crippen molar-refractivity contribution in [3.05, 3.63) is 16.5 Å². The largest absolute Gasteiger partial charge is 0.369 e. The van der Waals surface area contributed by atoms with E-state index < -0.39 is 15.6 Å². The molecule has 0 aromatic carbocycles. The Kier molecular flexibility index (Phi) is 4.65. The summed E-state index contributed by atoms with van der Waals surface area (Å²) in [5.74, 6) is 0. The molecule has 1 unspecified atom stereocenters. The van der Waals surface area contributed by atoms with Crippen LogP contribution in [0.5, 0.6) is 0 Å². The maximum atomic E-state index is 12.6. The van der Waals surface area contributed by atoms with E-state index in [4.69, 9.17) is 16.3 Å². The molecule has 1 fully saturated rings. The van der Waals surface area contributed by atoms with Crippen LogP contribution >= 0.6 is 38.9 Å². The standard InChI is InChI=1S/C11H15BrClNO3S2/c1-11(2)7-14(6-8(5-12)17-11)19(15,16)10-4-3-9(13)18-10/h3-4,8H,5-7H2,1-2H3. The average Bonchev–Trinajstić information content (AvgIpc) is 2.74. The van der Waals surface area contributed by atoms with E-state index in [1.807, 2.05) is 13.8 Å². The van der Waals surface area contributed by atoms with Crippen LogP contribution in [0.2, 0.25) is 4.34 Å². The van der Waals surface area contributed by atoms with Gasteiger partial charge in [0, 0.05) is 18.4 Å². The highest BCUT2D eigenvalue weighted by Gasteiger charge is 2.39. The van der Waals surface area contributed by atoms with Crippen molar-refractivity contribution in [2.75, 3.05) is 18.4 Å². The van der Waals surface area contributed by atoms with Crippen LogP contribution in [0.25, 0.3) is 0 Å². The molecule has 0 radical (unpaired) electrons. The molecule has 1 aromatic heterocycles. The molecule has 8 heteroatoms. The molecule has 19 heavy (non-hydrogen) atoms. The van der Waals surface area contributed by atoms with Crippen LogP contribution in [-0.4, -0.2) is 42.8 Å². The molecule has 108 valence electrons. The SMILES string of the molecule is CC1(C)CN(S(=O)(=O)c2ccc(Cl)s2)CC(CBr)O1. The van der Waals surface area contributed by atoms with Gasteiger partial charge in [-0.15, -0.1) is 11.3 Å². The summed E-state index contributed by atoms with van der Waals surface area (Å²) < 4.78 is 33.2. The summed E-state index contributed by atoms with van der Waals surface area (Å²) in [5, 5.41) is 0.605. The smallest absolute Gasteiger partial charge is 0.252 e. The van der Waals surface area contributed by atoms with Crippen molar-refractivity contribution in [1.29, 1.82) is 0 Å². The zero-order chi connectivity index (χ0) is 14.3. The molecule has 0 saturated carbocycles. The summed E-state index contributed by atoms with van der Waals surface area (Å²) in [5.41, 5.74) is -0.495. The van der Waals surface area contributed by atoms with E-state index in [9.17, 15) is 8.42 Å². The first-order valence-electron chi connectivity index (χ1n) is 5.74. The Morgan fingerprint density at radius 3 is 2.79 bits per heavy atom. The van der Waals surface area contributed by atoms with Gasteiger partial charge in [-0.05, 0) is 26.0 Å². The summed E-state index contributed by atoms with van der Waals surface area (Å²) in [6, 6.07) is 3.15. The second kappa shape index (κ2) is 5.61. The van der Waals surface area contributed by atoms with E-state index in [1.165, 1.54) is 4.31 Å². The van der Waals surface area contributed by atoms with E-state index >= 15 is 0 Å². The quantitative estimate of drug-likeness (QED) is 0.748. The Bertz CT molecular complexity index is 558. The predicted octanol–water partition coefficient (Wildman–Crippen LogP) is 2.96. The number of ether oxygens (including phenoxy) is 1. The number of halogens is 2. The Hall–Kier alpha value is 0.340. The van der Waals surface area contributed by atoms with Gasteiger partial charge in [0.1, 0.15) is 4.21 Å². The van der Waals surface area contributed by atoms with Crippen LogP contribution < -0.4 is 0 Å². The number of morpholine rings is 1. The van der Waals surface area contributed by atoms with Gasteiger partial charge in [0.05, 0.1) is 16.0 Å². The van der Waals surface area contributed by atoms with Crippen molar-refractivity contribution in [2.45, 2.75) is 29.8 Å². The number of alkyl halides is 1. The summed E-state index contributed by atoms with van der Waals surface area (Å²) in [4.78, 5) is 0. The first-order chi connectivity index (χ1) is 8.74. The van der Waals surface area contributed by atoms with Crippen molar-refractivity contribution < 1.29 is 13.2 Å². The fraction of sp³-hybridized carbons (Fsp3) is 0.636. The van der Waals surface area contributed by atoms with Gasteiger partial charge in [0.15, 0.2) is 0 Å². The number of nitrogens with zero attached hydrogens (tertiary/aromatic N) is 1. The summed E-state index contributed by atoms with van der Waals surface area (Å²) >= 11 is 10.3. The lowest BCUT2D eigenvalue weighted by molar-refractivity contribution is -0.106. The van der Waals surface area contributed by atoms with Gasteiger partial charge in [-0.2, -0.15) is 4.31 Å². The van der Waals surface area contributed by atoms with E-state index in [0.29, 0.717) is 22.8 Å². The molecule has 0 aliphatic carbocycles. The molecule has 4 nitrogen and oxygen atoms in total. The Balaban J connectivity index is 2.29. The molecule has 1 saturated heterocycles. The van der Waals surface area contributed by atoms with Gasteiger partial charge in [-0.25, -0.2) is 8.42 Å². The molecule has 2 rings (SSSR count). The van der Waals surface area contributed by atoms with Gasteiger partial charge in [0.2, 0.25) is 0 Å². The van der Waals surface area contributed by atoms with Gasteiger partial charge in [-0.3, -0.25) is 0 Å². The van der Waals surface area contributed by atoms with E-state index in [0.717, 1.165) is 11.3 Å². The van der Waals surface area contributed by atoms with Crippen molar-refractivity contribution in [3.63, 3.8) is 0 Å². The van der Waals surface area contributed by atoms with Crippen LogP contribution in [0, 0.1) is 0 Å². The lowest BCUT2D eigenvalue weighted by atomic mass is 10.1. The Morgan fingerprint density at radius 1 is 1.58 bits per heavy atom. The molecule has 0 amide bonds. The summed E-state index contributed by atoms with van der Waals surface area (Å²) in [6.07, 6.45) is -0.144. The third-order valence-electron chi connectivity index (χ3n) is 2.76. The van der Waals surface area contributed by atoms with Crippen molar-refractivity contribution in [1.82, 2.24) is 4.31 Å². The lowest BCUT2D eigenvalue weighted by Crippen LogP contribution is -2.54. The molecule has 1 atom stereocenters. The molecule has 0 bridgehead atoms. The number of hydrogen-bond donors (Lipinski definition) is 0. The van der Waals surface area contributed by atoms with Crippen LogP contribution in [0.15, 0.2) is 16.3 Å². The molecular formula is C11H15BrClNO3S2. The van der Waals surface area contributed by atoms with Crippen LogP contribution in [0.1, 0.15) is 13.8 Å². The highest BCUT2D eigenvalue weighted by atomic mass is 79.9. The van der Waals surface area contributed by atoms with E-state index in [1.54, 1.807) is 12.1 Å².